The van der Waals surface area contributed by atoms with Crippen LogP contribution in [0.4, 0.5) is 17.6 Å². The molecule has 3 aliphatic carbocycles. The van der Waals surface area contributed by atoms with E-state index in [1.807, 2.05) is 57.3 Å². The summed E-state index contributed by atoms with van der Waals surface area (Å²) in [5.74, 6) is -10.7. The molecule has 3 aliphatic rings. The summed E-state index contributed by atoms with van der Waals surface area (Å²) in [6.07, 6.45) is -1.90. The van der Waals surface area contributed by atoms with Gasteiger partial charge in [-0.25, -0.2) is 0 Å². The summed E-state index contributed by atoms with van der Waals surface area (Å²) in [6.45, 7) is -1.30. The van der Waals surface area contributed by atoms with Gasteiger partial charge in [-0.15, -0.1) is 0 Å². The number of halogens is 7. The average molecular weight is 956 g/mol. The molecule has 0 saturated carbocycles. The van der Waals surface area contributed by atoms with E-state index in [0.29, 0.717) is 7.14 Å². The van der Waals surface area contributed by atoms with Crippen molar-refractivity contribution in [3.8, 4) is 5.75 Å². The summed E-state index contributed by atoms with van der Waals surface area (Å²) >= 11 is 6.17. The number of hydrogen-bond donors (Lipinski definition) is 1. The van der Waals surface area contributed by atoms with Crippen LogP contribution in [0.3, 0.4) is 0 Å². The first-order valence-corrected chi connectivity index (χ1v) is 17.2. The second-order valence-corrected chi connectivity index (χ2v) is 15.0. The predicted octanol–water partition coefficient (Wildman–Crippen LogP) is 6.98. The van der Waals surface area contributed by atoms with Crippen LogP contribution >= 0.6 is 67.8 Å². The molecule has 3 aromatic carbocycles. The zero-order chi connectivity index (χ0) is 31.5. The molecule has 0 aliphatic heterocycles. The summed E-state index contributed by atoms with van der Waals surface area (Å²) < 4.78 is 99.2. The Balaban J connectivity index is 1.52. The van der Waals surface area contributed by atoms with E-state index in [0.717, 1.165) is 25.8 Å². The number of esters is 2. The van der Waals surface area contributed by atoms with Gasteiger partial charge in [0.25, 0.3) is 0 Å². The summed E-state index contributed by atoms with van der Waals surface area (Å²) in [4.78, 5) is 27.7. The maximum absolute atomic E-state index is 14.1. The molecule has 0 radical (unpaired) electrons. The van der Waals surface area contributed by atoms with Gasteiger partial charge in [-0.2, -0.15) is 26.0 Å². The number of rotatable bonds is 8. The lowest BCUT2D eigenvalue weighted by molar-refractivity contribution is -0.178. The summed E-state index contributed by atoms with van der Waals surface area (Å²) in [5, 5.41) is -5.80. The highest BCUT2D eigenvalue weighted by Gasteiger charge is 2.65. The van der Waals surface area contributed by atoms with Gasteiger partial charge in [0.2, 0.25) is 0 Å². The Kier molecular flexibility index (Phi) is 9.14. The van der Waals surface area contributed by atoms with Crippen molar-refractivity contribution in [3.63, 3.8) is 0 Å². The van der Waals surface area contributed by atoms with Gasteiger partial charge < -0.3 is 9.47 Å². The van der Waals surface area contributed by atoms with E-state index in [1.54, 1.807) is 48.5 Å². The van der Waals surface area contributed by atoms with Crippen LogP contribution in [0.15, 0.2) is 60.7 Å². The number of hydrogen-bond acceptors (Lipinski definition) is 6. The fourth-order valence-corrected chi connectivity index (χ4v) is 10.0. The van der Waals surface area contributed by atoms with E-state index < -0.39 is 69.9 Å². The topological polar surface area (TPSA) is 107 Å². The van der Waals surface area contributed by atoms with E-state index in [-0.39, 0.29) is 5.75 Å². The molecule has 0 heterocycles. The van der Waals surface area contributed by atoms with Gasteiger partial charge in [0, 0.05) is 15.4 Å². The maximum Gasteiger partial charge on any atom is 0.431 e. The second-order valence-electron chi connectivity index (χ2n) is 10.00. The SMILES string of the molecule is O=C(OCCC(F)(F)C(F)(F)S(=O)(=O)O)C1C2c3ccccc3C(c3ccccc32)C1C(=O)Oc1c(I)cc(I)cc1I. The normalized spacial score (nSPS) is 21.1. The molecule has 0 spiro atoms. The van der Waals surface area contributed by atoms with Crippen molar-refractivity contribution >= 4 is 89.8 Å². The monoisotopic (exact) mass is 956 g/mol. The molecule has 2 atom stereocenters. The van der Waals surface area contributed by atoms with Crippen molar-refractivity contribution in [2.45, 2.75) is 29.4 Å². The van der Waals surface area contributed by atoms with Gasteiger partial charge >= 0.3 is 33.2 Å². The molecule has 2 unspecified atom stereocenters. The molecular formula is C28H19F4I3O7S. The molecule has 228 valence electrons. The molecule has 0 amide bonds. The van der Waals surface area contributed by atoms with Crippen molar-refractivity contribution in [3.05, 3.63) is 93.6 Å². The lowest BCUT2D eigenvalue weighted by Gasteiger charge is -2.48. The van der Waals surface area contributed by atoms with E-state index in [2.05, 4.69) is 22.6 Å². The predicted molar refractivity (Wildman–Crippen MR) is 171 cm³/mol. The van der Waals surface area contributed by atoms with Gasteiger partial charge in [0.05, 0.1) is 32.0 Å². The highest BCUT2D eigenvalue weighted by molar-refractivity contribution is 14.1. The minimum atomic E-state index is -6.45. The van der Waals surface area contributed by atoms with Crippen LogP contribution in [0.2, 0.25) is 0 Å². The first-order valence-electron chi connectivity index (χ1n) is 12.5. The summed E-state index contributed by atoms with van der Waals surface area (Å²) in [5.41, 5.74) is 3.00. The molecule has 15 heteroatoms. The van der Waals surface area contributed by atoms with Crippen molar-refractivity contribution in [1.29, 1.82) is 0 Å². The Bertz CT molecular complexity index is 1660. The van der Waals surface area contributed by atoms with E-state index in [9.17, 15) is 35.6 Å². The average Bonchev–Trinajstić information content (AvgIpc) is 2.93. The molecule has 43 heavy (non-hydrogen) atoms. The Morgan fingerprint density at radius 1 is 0.791 bits per heavy atom. The fourth-order valence-electron chi connectivity index (χ4n) is 5.75. The number of carbonyl (C=O) groups is 2. The minimum absolute atomic E-state index is 0.286. The van der Waals surface area contributed by atoms with Crippen molar-refractivity contribution < 1.29 is 49.6 Å². The van der Waals surface area contributed by atoms with Gasteiger partial charge in [-0.05, 0) is 102 Å². The number of benzene rings is 3. The molecule has 0 aromatic heterocycles. The Hall–Kier alpha value is -1.58. The third kappa shape index (κ3) is 5.80. The fraction of sp³-hybridized carbons (Fsp3) is 0.286. The quantitative estimate of drug-likeness (QED) is 0.0855. The van der Waals surface area contributed by atoms with Gasteiger partial charge in [-0.3, -0.25) is 14.1 Å². The van der Waals surface area contributed by atoms with Crippen LogP contribution in [-0.2, 0) is 24.4 Å². The molecule has 2 bridgehead atoms. The highest BCUT2D eigenvalue weighted by atomic mass is 127. The van der Waals surface area contributed by atoms with E-state index in [4.69, 9.17) is 14.0 Å². The van der Waals surface area contributed by atoms with Crippen LogP contribution in [0, 0.1) is 22.5 Å². The first-order chi connectivity index (χ1) is 20.1. The van der Waals surface area contributed by atoms with Crippen LogP contribution in [0.1, 0.15) is 40.5 Å². The third-order valence-corrected chi connectivity index (χ3v) is 10.7. The molecule has 7 nitrogen and oxygen atoms in total. The van der Waals surface area contributed by atoms with Crippen LogP contribution < -0.4 is 4.74 Å². The summed E-state index contributed by atoms with van der Waals surface area (Å²) in [6, 6.07) is 17.9. The van der Waals surface area contributed by atoms with Crippen LogP contribution in [-0.4, -0.2) is 42.7 Å². The zero-order valence-corrected chi connectivity index (χ0v) is 28.7. The smallest absolute Gasteiger partial charge is 0.431 e. The first kappa shape index (κ1) is 32.8. The van der Waals surface area contributed by atoms with Crippen molar-refractivity contribution in [1.82, 2.24) is 0 Å². The summed E-state index contributed by atoms with van der Waals surface area (Å²) in [7, 11) is -6.45. The van der Waals surface area contributed by atoms with Gasteiger partial charge in [0.15, 0.2) is 5.75 Å². The number of alkyl halides is 4. The lowest BCUT2D eigenvalue weighted by Crippen LogP contribution is -2.49. The largest absolute Gasteiger partial charge is 0.465 e. The Morgan fingerprint density at radius 2 is 1.21 bits per heavy atom. The maximum atomic E-state index is 14.1. The Labute approximate surface area is 284 Å². The standard InChI is InChI=1S/C28H19F4I3O7S/c29-27(30,28(31,32)43(38,39)40)9-10-41-25(36)22-20-14-5-1-3-7-16(14)21(17-8-4-2-6-15(17)20)23(22)26(37)42-24-18(34)11-13(33)12-19(24)35/h1-8,11-12,20-23H,9-10H2,(H,38,39,40). The molecule has 0 saturated heterocycles. The number of ether oxygens (including phenoxy) is 2. The lowest BCUT2D eigenvalue weighted by atomic mass is 9.54. The molecular weight excluding hydrogens is 937 g/mol. The van der Waals surface area contributed by atoms with Gasteiger partial charge in [-0.1, -0.05) is 48.5 Å². The van der Waals surface area contributed by atoms with Crippen molar-refractivity contribution in [2.24, 2.45) is 11.8 Å². The van der Waals surface area contributed by atoms with E-state index in [1.165, 1.54) is 0 Å². The third-order valence-electron chi connectivity index (χ3n) is 7.56. The molecule has 3 aromatic rings. The van der Waals surface area contributed by atoms with Crippen molar-refractivity contribution in [2.75, 3.05) is 6.61 Å². The van der Waals surface area contributed by atoms with Crippen LogP contribution in [0.5, 0.6) is 5.75 Å². The number of fused-ring (bicyclic) bond motifs is 1. The van der Waals surface area contributed by atoms with Gasteiger partial charge in [0.1, 0.15) is 0 Å². The number of carbonyl (C=O) groups excluding carboxylic acids is 2. The van der Waals surface area contributed by atoms with Crippen LogP contribution in [0.25, 0.3) is 0 Å². The minimum Gasteiger partial charge on any atom is -0.465 e. The molecule has 1 N–H and O–H groups in total. The highest BCUT2D eigenvalue weighted by Crippen LogP contribution is 2.59. The Morgan fingerprint density at radius 3 is 1.63 bits per heavy atom. The van der Waals surface area contributed by atoms with E-state index >= 15 is 0 Å². The zero-order valence-electron chi connectivity index (χ0n) is 21.4. The second kappa shape index (κ2) is 12.0. The molecule has 0 fully saturated rings. The molecule has 6 rings (SSSR count).